The Kier molecular flexibility index (Phi) is 15.0. The van der Waals surface area contributed by atoms with Crippen LogP contribution in [-0.4, -0.2) is 110 Å². The SMILES string of the molecule is O=C(O)c1ccc[n+](-c2nc(Nc3cccc(S(=O)(=O)CCOS(=O)(=O)O)c3)nc(Nc3cc(S(=O)(=O)O)cc(N=N/C(=N\Nc4cc(S(O)(O)O)ccc4S(=O)(=O)O)c4ccccc4)c3O)n2)c1. The minimum absolute atomic E-state index is 0.00484. The molecule has 0 spiro atoms. The summed E-state index contributed by atoms with van der Waals surface area (Å²) in [5, 5.41) is 38.2. The summed E-state index contributed by atoms with van der Waals surface area (Å²) in [7, 11) is -23.7. The van der Waals surface area contributed by atoms with Gasteiger partial charge in [-0.1, -0.05) is 36.4 Å². The summed E-state index contributed by atoms with van der Waals surface area (Å²) in [6.07, 6.45) is 2.43. The minimum atomic E-state index is -5.13. The molecule has 0 fully saturated rings. The van der Waals surface area contributed by atoms with E-state index in [4.69, 9.17) is 4.55 Å². The van der Waals surface area contributed by atoms with Crippen LogP contribution in [0.25, 0.3) is 5.95 Å². The van der Waals surface area contributed by atoms with E-state index in [9.17, 15) is 71.4 Å². The molecule has 11 N–H and O–H groups in total. The first-order valence-electron chi connectivity index (χ1n) is 18.4. The summed E-state index contributed by atoms with van der Waals surface area (Å²) in [5.74, 6) is -4.82. The molecule has 33 heteroatoms. The van der Waals surface area contributed by atoms with Gasteiger partial charge >= 0.3 is 34.2 Å². The standard InChI is InChI=1S/C36H32N10O18S5/c47-31-28(18-26(67(55,56)57)19-29(31)43-45-32(21-6-2-1-3-7-21)44-42-27-17-25(66(52,53)54)11-12-30(27)68(58,59)60)38-35-39-34(40-36(41-35)46-13-5-8-22(20-46)33(48)49)37-23-9-4-10-24(16-23)65(50,51)15-14-64-69(61,62)63/h1-13,16-20H,14-15H2,(H10-,37,38,39,40,41,42,43,44,45,47,48,49,52,53,54,55,56,57,58,59,60,61,62,63)/p+1. The van der Waals surface area contributed by atoms with E-state index >= 15 is 0 Å². The fourth-order valence-electron chi connectivity index (χ4n) is 5.55. The van der Waals surface area contributed by atoms with E-state index in [1.807, 2.05) is 0 Å². The highest BCUT2D eigenvalue weighted by atomic mass is 32.3. The van der Waals surface area contributed by atoms with Crippen LogP contribution >= 0.6 is 10.9 Å². The topological polar surface area (TPSA) is 440 Å². The van der Waals surface area contributed by atoms with Crippen LogP contribution in [0, 0.1) is 0 Å². The van der Waals surface area contributed by atoms with E-state index in [1.54, 1.807) is 6.07 Å². The van der Waals surface area contributed by atoms with Gasteiger partial charge in [0.15, 0.2) is 15.6 Å². The number of phenolic OH excluding ortho intramolecular Hbond substituents is 1. The number of carboxylic acids is 1. The molecular formula is C36H33N10O18S5+. The third-order valence-corrected chi connectivity index (χ3v) is 13.4. The number of azo groups is 1. The van der Waals surface area contributed by atoms with E-state index < -0.39 is 125 Å². The Morgan fingerprint density at radius 3 is 1.99 bits per heavy atom. The van der Waals surface area contributed by atoms with Gasteiger partial charge in [0, 0.05) is 11.3 Å². The first kappa shape index (κ1) is 51.2. The molecule has 0 amide bonds. The number of rotatable bonds is 18. The third-order valence-electron chi connectivity index (χ3n) is 8.66. The van der Waals surface area contributed by atoms with Gasteiger partial charge in [-0.05, 0) is 70.6 Å². The second kappa shape index (κ2) is 20.2. The average molecular weight is 1050 g/mol. The predicted octanol–water partition coefficient (Wildman–Crippen LogP) is 4.27. The Bertz CT molecular complexity index is 3490. The van der Waals surface area contributed by atoms with Gasteiger partial charge in [-0.25, -0.2) is 22.0 Å². The first-order chi connectivity index (χ1) is 32.2. The molecule has 4 aromatic carbocycles. The molecule has 2 heterocycles. The number of aromatic nitrogens is 4. The highest BCUT2D eigenvalue weighted by Crippen LogP contribution is 2.45. The van der Waals surface area contributed by atoms with Gasteiger partial charge in [0.2, 0.25) is 5.84 Å². The number of aromatic hydroxyl groups is 1. The first-order valence-corrected chi connectivity index (χ1v) is 25.8. The summed E-state index contributed by atoms with van der Waals surface area (Å²) < 4.78 is 160. The molecule has 0 saturated carbocycles. The van der Waals surface area contributed by atoms with Crippen molar-refractivity contribution >= 4 is 97.8 Å². The number of hydrazone groups is 1. The number of anilines is 5. The van der Waals surface area contributed by atoms with Crippen molar-refractivity contribution < 1.29 is 84.7 Å². The second-order valence-corrected chi connectivity index (χ2v) is 21.0. The lowest BCUT2D eigenvalue weighted by molar-refractivity contribution is -0.603. The normalized spacial score (nSPS) is 13.0. The number of benzene rings is 4. The number of aromatic carboxylic acids is 1. The fraction of sp³-hybridized carbons (Fsp3) is 0.0556. The van der Waals surface area contributed by atoms with Crippen molar-refractivity contribution in [3.63, 3.8) is 0 Å². The molecule has 2 aromatic heterocycles. The maximum atomic E-state index is 13.0. The van der Waals surface area contributed by atoms with Gasteiger partial charge in [0.1, 0.15) is 21.5 Å². The number of carboxylic acid groups (broad SMARTS) is 1. The lowest BCUT2D eigenvalue weighted by atomic mass is 10.2. The van der Waals surface area contributed by atoms with Gasteiger partial charge in [-0.3, -0.25) is 19.1 Å². The van der Waals surface area contributed by atoms with Crippen LogP contribution < -0.4 is 20.6 Å². The van der Waals surface area contributed by atoms with Crippen molar-refractivity contribution in [2.75, 3.05) is 28.4 Å². The second-order valence-electron chi connectivity index (χ2n) is 13.5. The van der Waals surface area contributed by atoms with Crippen molar-refractivity contribution in [2.45, 2.75) is 19.6 Å². The van der Waals surface area contributed by atoms with Gasteiger partial charge < -0.3 is 34.5 Å². The minimum Gasteiger partial charge on any atom is -0.504 e. The summed E-state index contributed by atoms with van der Waals surface area (Å²) >= 11 is 0. The molecule has 0 bridgehead atoms. The molecule has 0 unspecified atom stereocenters. The molecular weight excluding hydrogens is 1020 g/mol. The molecule has 69 heavy (non-hydrogen) atoms. The summed E-state index contributed by atoms with van der Waals surface area (Å²) in [6.45, 7) is -0.925. The zero-order valence-corrected chi connectivity index (χ0v) is 38.2. The average Bonchev–Trinajstić information content (AvgIpc) is 3.26. The molecule has 0 aliphatic heterocycles. The van der Waals surface area contributed by atoms with E-state index in [0.717, 1.165) is 47.2 Å². The van der Waals surface area contributed by atoms with Crippen LogP contribution in [0.2, 0.25) is 0 Å². The number of phenols is 1. The van der Waals surface area contributed by atoms with Gasteiger partial charge in [0.05, 0.1) is 56.4 Å². The molecule has 28 nitrogen and oxygen atoms in total. The quantitative estimate of drug-likeness (QED) is 0.0109. The highest BCUT2D eigenvalue weighted by molar-refractivity contribution is 8.19. The smallest absolute Gasteiger partial charge is 0.444 e. The lowest BCUT2D eigenvalue weighted by Crippen LogP contribution is -2.34. The molecule has 0 aliphatic rings. The van der Waals surface area contributed by atoms with Crippen molar-refractivity contribution in [3.05, 3.63) is 121 Å². The number of amidine groups is 1. The maximum absolute atomic E-state index is 13.0. The van der Waals surface area contributed by atoms with Gasteiger partial charge in [0.25, 0.3) is 20.2 Å². The number of hydrogen-bond acceptors (Lipinski definition) is 22. The number of nitrogens with one attached hydrogen (secondary N) is 3. The third kappa shape index (κ3) is 13.7. The van der Waals surface area contributed by atoms with Crippen LogP contribution in [0.4, 0.5) is 34.6 Å². The van der Waals surface area contributed by atoms with E-state index in [-0.39, 0.29) is 27.7 Å². The molecule has 6 rings (SSSR count). The lowest BCUT2D eigenvalue weighted by Gasteiger charge is -2.20. The van der Waals surface area contributed by atoms with E-state index in [0.29, 0.717) is 6.07 Å². The largest absolute Gasteiger partial charge is 0.504 e. The Morgan fingerprint density at radius 1 is 0.681 bits per heavy atom. The Hall–Kier alpha value is -7.15. The molecule has 0 radical (unpaired) electrons. The molecule has 0 aliphatic carbocycles. The Morgan fingerprint density at radius 2 is 1.35 bits per heavy atom. The van der Waals surface area contributed by atoms with Crippen molar-refractivity contribution in [3.8, 4) is 11.7 Å². The summed E-state index contributed by atoms with van der Waals surface area (Å²) in [6, 6.07) is 18.6. The molecule has 0 saturated heterocycles. The van der Waals surface area contributed by atoms with Gasteiger partial charge in [-0.2, -0.15) is 30.4 Å². The van der Waals surface area contributed by atoms with Crippen LogP contribution in [0.15, 0.2) is 144 Å². The van der Waals surface area contributed by atoms with Crippen LogP contribution in [0.3, 0.4) is 0 Å². The van der Waals surface area contributed by atoms with Crippen LogP contribution in [0.5, 0.6) is 5.75 Å². The molecule has 0 atom stereocenters. The van der Waals surface area contributed by atoms with E-state index in [1.165, 1.54) is 54.7 Å². The van der Waals surface area contributed by atoms with Crippen LogP contribution in [0.1, 0.15) is 15.9 Å². The molecule has 364 valence electrons. The molecule has 6 aromatic rings. The Labute approximate surface area is 391 Å². The summed E-state index contributed by atoms with van der Waals surface area (Å²) in [5.41, 5.74) is 0.282. The number of nitrogens with zero attached hydrogens (tertiary/aromatic N) is 7. The number of carbonyl (C=O) groups is 1. The number of sulfone groups is 1. The van der Waals surface area contributed by atoms with E-state index in [2.05, 4.69) is 50.5 Å². The fourth-order valence-corrected chi connectivity index (χ4v) is 8.76. The van der Waals surface area contributed by atoms with Crippen molar-refractivity contribution in [1.82, 2.24) is 15.0 Å². The zero-order valence-electron chi connectivity index (χ0n) is 34.1. The zero-order chi connectivity index (χ0) is 50.5. The monoisotopic (exact) mass is 1050 g/mol. The summed E-state index contributed by atoms with van der Waals surface area (Å²) in [4.78, 5) is 21.8. The predicted molar refractivity (Wildman–Crippen MR) is 240 cm³/mol. The van der Waals surface area contributed by atoms with Crippen LogP contribution in [-0.2, 0) is 44.7 Å². The maximum Gasteiger partial charge on any atom is 0.444 e. The number of hydrogen-bond donors (Lipinski definition) is 11. The van der Waals surface area contributed by atoms with Gasteiger partial charge in [-0.15, -0.1) is 15.2 Å². The Balaban J connectivity index is 1.43. The van der Waals surface area contributed by atoms with Crippen molar-refractivity contribution in [2.24, 2.45) is 15.3 Å². The number of pyridine rings is 1. The van der Waals surface area contributed by atoms with Crippen molar-refractivity contribution in [1.29, 1.82) is 0 Å². The highest BCUT2D eigenvalue weighted by Gasteiger charge is 2.26.